The van der Waals surface area contributed by atoms with Gasteiger partial charge in [-0.05, 0) is 0 Å². The summed E-state index contributed by atoms with van der Waals surface area (Å²) in [6.45, 7) is 9.03. The van der Waals surface area contributed by atoms with Crippen LogP contribution in [0.5, 0.6) is 0 Å². The second-order valence-electron chi connectivity index (χ2n) is 3.60. The van der Waals surface area contributed by atoms with Crippen molar-refractivity contribution in [3.8, 4) is 0 Å². The molecule has 0 aliphatic carbocycles. The summed E-state index contributed by atoms with van der Waals surface area (Å²) < 4.78 is 0. The molecule has 0 heterocycles. The van der Waals surface area contributed by atoms with E-state index in [2.05, 4.69) is 32.4 Å². The Kier molecular flexibility index (Phi) is 7.05. The van der Waals surface area contributed by atoms with Crippen LogP contribution in [-0.4, -0.2) is 44.3 Å². The fraction of sp³-hybridized carbons (Fsp3) is 0.833. The maximum atomic E-state index is 9.24. The van der Waals surface area contributed by atoms with Crippen molar-refractivity contribution in [3.63, 3.8) is 0 Å². The Morgan fingerprint density at radius 1 is 1.40 bits per heavy atom. The zero-order valence-corrected chi connectivity index (χ0v) is 8.14. The predicted molar refractivity (Wildman–Crippen MR) is 48.7 cm³/mol. The quantitative estimate of drug-likeness (QED) is 0.551. The molecule has 3 nitrogen and oxygen atoms in total. The number of carboxylic acid groups (broad SMARTS) is 1. The van der Waals surface area contributed by atoms with E-state index in [1.165, 1.54) is 0 Å². The summed E-state index contributed by atoms with van der Waals surface area (Å²) in [7, 11) is -0.611. The summed E-state index contributed by atoms with van der Waals surface area (Å²) in [5.41, 5.74) is 4.57. The molecule has 0 unspecified atom stereocenters. The molecule has 0 fully saturated rings. The van der Waals surface area contributed by atoms with Crippen LogP contribution in [0.15, 0.2) is 0 Å². The first kappa shape index (κ1) is 12.5. The van der Waals surface area contributed by atoms with Crippen molar-refractivity contribution in [2.45, 2.75) is 0 Å². The van der Waals surface area contributed by atoms with Gasteiger partial charge in [-0.2, -0.15) is 0 Å². The van der Waals surface area contributed by atoms with Gasteiger partial charge in [0.05, 0.1) is 6.54 Å². The normalized spacial score (nSPS) is 11.3. The average Bonchev–Trinajstić information content (AvgIpc) is 1.61. The minimum Gasteiger partial charge on any atom is -0.480 e. The SMILES string of the molecule is C[PH](C)(C)C.NCC(=O)O. The van der Waals surface area contributed by atoms with Gasteiger partial charge in [-0.25, -0.2) is 0 Å². The van der Waals surface area contributed by atoms with Gasteiger partial charge in [0, 0.05) is 0 Å². The minimum absolute atomic E-state index is 0.278. The molecule has 0 aliphatic heterocycles. The number of carboxylic acids is 1. The largest absolute Gasteiger partial charge is 0.480 e. The molecule has 0 aromatic heterocycles. The molecule has 0 saturated heterocycles. The maximum absolute atomic E-state index is 9.24. The summed E-state index contributed by atoms with van der Waals surface area (Å²) in [6.07, 6.45) is 0. The number of aliphatic carboxylic acids is 1. The van der Waals surface area contributed by atoms with Crippen molar-refractivity contribution in [3.05, 3.63) is 0 Å². The number of hydrogen-bond acceptors (Lipinski definition) is 2. The molecule has 0 aromatic rings. The Morgan fingerprint density at radius 2 is 1.50 bits per heavy atom. The molecule has 0 bridgehead atoms. The van der Waals surface area contributed by atoms with E-state index in [-0.39, 0.29) is 6.54 Å². The third kappa shape index (κ3) is 107. The second kappa shape index (κ2) is 5.63. The zero-order valence-electron chi connectivity index (χ0n) is 7.14. The van der Waals surface area contributed by atoms with Crippen LogP contribution in [0, 0.1) is 0 Å². The van der Waals surface area contributed by atoms with Crippen LogP contribution in [0.1, 0.15) is 0 Å². The van der Waals surface area contributed by atoms with E-state index in [1.807, 2.05) is 0 Å². The Bertz CT molecular complexity index is 92.4. The van der Waals surface area contributed by atoms with Gasteiger partial charge in [0.15, 0.2) is 0 Å². The van der Waals surface area contributed by atoms with Crippen LogP contribution in [-0.2, 0) is 4.79 Å². The molecule has 4 heteroatoms. The number of carbonyl (C=O) groups is 1. The van der Waals surface area contributed by atoms with Gasteiger partial charge in [0.2, 0.25) is 0 Å². The number of rotatable bonds is 1. The molecule has 0 atom stereocenters. The Hall–Kier alpha value is -0.140. The molecule has 10 heavy (non-hydrogen) atoms. The standard InChI is InChI=1S/C4H13P.C2H5NO2/c1-5(2,3)4;3-1-2(4)5/h5H,1-4H3;1,3H2,(H,4,5). The van der Waals surface area contributed by atoms with E-state index in [9.17, 15) is 4.79 Å². The molecule has 0 saturated carbocycles. The fourth-order valence-electron chi connectivity index (χ4n) is 0. The van der Waals surface area contributed by atoms with Crippen molar-refractivity contribution in [1.82, 2.24) is 0 Å². The first-order valence-corrected chi connectivity index (χ1v) is 7.19. The van der Waals surface area contributed by atoms with Gasteiger partial charge in [-0.15, -0.1) is 0 Å². The smallest absolute Gasteiger partial charge is 0.317 e. The summed E-state index contributed by atoms with van der Waals surface area (Å²) in [4.78, 5) is 9.24. The fourth-order valence-corrected chi connectivity index (χ4v) is 0. The van der Waals surface area contributed by atoms with Gasteiger partial charge in [0.1, 0.15) is 0 Å². The van der Waals surface area contributed by atoms with E-state index in [0.29, 0.717) is 0 Å². The first-order chi connectivity index (χ1) is 4.27. The molecule has 0 aromatic carbocycles. The van der Waals surface area contributed by atoms with Crippen LogP contribution in [0.2, 0.25) is 0 Å². The average molecular weight is 167 g/mol. The molecule has 0 spiro atoms. The van der Waals surface area contributed by atoms with Crippen LogP contribution in [0.4, 0.5) is 0 Å². The molecule has 0 amide bonds. The molecular formula is C6H18NO2P. The van der Waals surface area contributed by atoms with Crippen molar-refractivity contribution < 1.29 is 9.90 Å². The molecule has 0 radical (unpaired) electrons. The van der Waals surface area contributed by atoms with Crippen LogP contribution >= 0.6 is 7.26 Å². The van der Waals surface area contributed by atoms with Gasteiger partial charge >= 0.3 is 39.9 Å². The molecule has 64 valence electrons. The van der Waals surface area contributed by atoms with Gasteiger partial charge in [0.25, 0.3) is 0 Å². The van der Waals surface area contributed by atoms with E-state index in [4.69, 9.17) is 5.11 Å². The number of nitrogens with two attached hydrogens (primary N) is 1. The second-order valence-corrected chi connectivity index (χ2v) is 9.60. The monoisotopic (exact) mass is 167 g/mol. The van der Waals surface area contributed by atoms with E-state index < -0.39 is 13.2 Å². The summed E-state index contributed by atoms with van der Waals surface area (Å²) in [5.74, 6) is -0.968. The molecule has 3 N–H and O–H groups in total. The predicted octanol–water partition coefficient (Wildman–Crippen LogP) is 0.285. The molecule has 0 aliphatic rings. The van der Waals surface area contributed by atoms with Gasteiger partial charge in [-0.3, -0.25) is 4.79 Å². The van der Waals surface area contributed by atoms with Crippen molar-refractivity contribution in [2.24, 2.45) is 5.73 Å². The Labute approximate surface area is 63.0 Å². The Morgan fingerprint density at radius 3 is 1.50 bits per heavy atom. The summed E-state index contributed by atoms with van der Waals surface area (Å²) >= 11 is 0. The maximum Gasteiger partial charge on any atom is 0.317 e. The van der Waals surface area contributed by atoms with Crippen LogP contribution in [0.3, 0.4) is 0 Å². The third-order valence-electron chi connectivity index (χ3n) is 0.175. The zero-order chi connectivity index (χ0) is 8.78. The summed E-state index contributed by atoms with van der Waals surface area (Å²) in [5, 5.41) is 7.60. The number of hydrogen-bond donors (Lipinski definition) is 2. The van der Waals surface area contributed by atoms with Crippen LogP contribution in [0.25, 0.3) is 0 Å². The third-order valence-corrected chi connectivity index (χ3v) is 0.175. The Balaban J connectivity index is 0. The van der Waals surface area contributed by atoms with Gasteiger partial charge in [-0.1, -0.05) is 0 Å². The van der Waals surface area contributed by atoms with Crippen LogP contribution < -0.4 is 5.73 Å². The van der Waals surface area contributed by atoms with Crippen molar-refractivity contribution >= 4 is 13.2 Å². The first-order valence-electron chi connectivity index (χ1n) is 3.19. The topological polar surface area (TPSA) is 63.3 Å². The summed E-state index contributed by atoms with van der Waals surface area (Å²) in [6, 6.07) is 0. The van der Waals surface area contributed by atoms with Crippen molar-refractivity contribution in [1.29, 1.82) is 0 Å². The van der Waals surface area contributed by atoms with Gasteiger partial charge < -0.3 is 10.8 Å². The molecular weight excluding hydrogens is 149 g/mol. The molecule has 0 rings (SSSR count). The minimum atomic E-state index is -0.968. The van der Waals surface area contributed by atoms with E-state index >= 15 is 0 Å². The van der Waals surface area contributed by atoms with E-state index in [1.54, 1.807) is 0 Å². The van der Waals surface area contributed by atoms with E-state index in [0.717, 1.165) is 0 Å². The van der Waals surface area contributed by atoms with Crippen molar-refractivity contribution in [2.75, 3.05) is 33.2 Å².